The number of pyridine rings is 1. The highest BCUT2D eigenvalue weighted by Crippen LogP contribution is 2.30. The first-order valence-electron chi connectivity index (χ1n) is 9.60. The van der Waals surface area contributed by atoms with Crippen LogP contribution in [0, 0.1) is 0 Å². The number of benzene rings is 1. The van der Waals surface area contributed by atoms with Crippen LogP contribution in [0.2, 0.25) is 0 Å². The van der Waals surface area contributed by atoms with Crippen LogP contribution in [0.15, 0.2) is 70.3 Å². The first-order chi connectivity index (χ1) is 14.9. The predicted molar refractivity (Wildman–Crippen MR) is 119 cm³/mol. The zero-order valence-electron chi connectivity index (χ0n) is 17.0. The molecule has 0 atom stereocenters. The Bertz CT molecular complexity index is 1330. The molecule has 0 spiro atoms. The molecule has 0 unspecified atom stereocenters. The van der Waals surface area contributed by atoms with Crippen LogP contribution >= 0.6 is 11.3 Å². The average Bonchev–Trinajstić information content (AvgIpc) is 3.46. The fourth-order valence-electron chi connectivity index (χ4n) is 2.93. The number of aromatic nitrogens is 3. The topological polar surface area (TPSA) is 96.7 Å². The Morgan fingerprint density at radius 3 is 2.68 bits per heavy atom. The van der Waals surface area contributed by atoms with Crippen LogP contribution < -0.4 is 10.2 Å². The minimum Gasteiger partial charge on any atom is -0.351 e. The second-order valence-electron chi connectivity index (χ2n) is 6.92. The molecule has 1 aromatic carbocycles. The summed E-state index contributed by atoms with van der Waals surface area (Å²) in [6.45, 7) is 3.00. The Hall–Kier alpha value is -3.24. The SMILES string of the molecule is CCN(C)c1ncc(S(=O)(=O)c2ccc(CNC(=O)c3ccc4nccn4c3)cc2)s1. The molecule has 160 valence electrons. The maximum atomic E-state index is 12.9. The molecule has 3 heterocycles. The minimum atomic E-state index is -3.63. The lowest BCUT2D eigenvalue weighted by Crippen LogP contribution is -2.23. The largest absolute Gasteiger partial charge is 0.351 e. The molecule has 0 fully saturated rings. The summed E-state index contributed by atoms with van der Waals surface area (Å²) in [7, 11) is -1.77. The van der Waals surface area contributed by atoms with Crippen LogP contribution in [-0.2, 0) is 16.4 Å². The summed E-state index contributed by atoms with van der Waals surface area (Å²) in [6.07, 6.45) is 6.55. The summed E-state index contributed by atoms with van der Waals surface area (Å²) < 4.78 is 27.7. The second kappa shape index (κ2) is 8.48. The number of sulfone groups is 1. The van der Waals surface area contributed by atoms with Crippen LogP contribution in [0.3, 0.4) is 0 Å². The summed E-state index contributed by atoms with van der Waals surface area (Å²) >= 11 is 1.15. The lowest BCUT2D eigenvalue weighted by atomic mass is 10.2. The van der Waals surface area contributed by atoms with Gasteiger partial charge in [0, 0.05) is 38.7 Å². The molecular formula is C21H21N5O3S2. The number of thiazole rings is 1. The molecule has 8 nitrogen and oxygen atoms in total. The van der Waals surface area contributed by atoms with Gasteiger partial charge in [-0.05, 0) is 36.8 Å². The summed E-state index contributed by atoms with van der Waals surface area (Å²) in [6, 6.07) is 10.00. The van der Waals surface area contributed by atoms with E-state index < -0.39 is 9.84 Å². The molecule has 31 heavy (non-hydrogen) atoms. The lowest BCUT2D eigenvalue weighted by molar-refractivity contribution is 0.0950. The first kappa shape index (κ1) is 21.0. The predicted octanol–water partition coefficient (Wildman–Crippen LogP) is 3.01. The van der Waals surface area contributed by atoms with E-state index in [0.717, 1.165) is 29.1 Å². The van der Waals surface area contributed by atoms with E-state index >= 15 is 0 Å². The van der Waals surface area contributed by atoms with Crippen LogP contribution in [0.1, 0.15) is 22.8 Å². The number of imidazole rings is 1. The van der Waals surface area contributed by atoms with E-state index in [-0.39, 0.29) is 21.6 Å². The number of rotatable bonds is 7. The lowest BCUT2D eigenvalue weighted by Gasteiger charge is -2.11. The van der Waals surface area contributed by atoms with Crippen LogP contribution in [0.5, 0.6) is 0 Å². The zero-order valence-corrected chi connectivity index (χ0v) is 18.7. The third kappa shape index (κ3) is 4.30. The molecule has 0 saturated carbocycles. The number of fused-ring (bicyclic) bond motifs is 1. The van der Waals surface area contributed by atoms with E-state index in [9.17, 15) is 13.2 Å². The molecule has 1 N–H and O–H groups in total. The van der Waals surface area contributed by atoms with Crippen molar-refractivity contribution in [2.24, 2.45) is 0 Å². The van der Waals surface area contributed by atoms with Crippen molar-refractivity contribution in [3.63, 3.8) is 0 Å². The number of nitrogens with one attached hydrogen (secondary N) is 1. The quantitative estimate of drug-likeness (QED) is 0.460. The van der Waals surface area contributed by atoms with E-state index in [0.29, 0.717) is 10.7 Å². The van der Waals surface area contributed by atoms with E-state index in [4.69, 9.17) is 0 Å². The van der Waals surface area contributed by atoms with E-state index in [1.54, 1.807) is 59.4 Å². The molecule has 0 aliphatic heterocycles. The average molecular weight is 456 g/mol. The Balaban J connectivity index is 1.43. The molecular weight excluding hydrogens is 434 g/mol. The van der Waals surface area contributed by atoms with Crippen molar-refractivity contribution in [3.05, 3.63) is 72.3 Å². The standard InChI is InChI=1S/C21H21N5O3S2/c1-3-25(2)21-24-13-19(30-21)31(28,29)17-7-4-15(5-8-17)12-23-20(27)16-6-9-18-22-10-11-26(18)14-16/h4-11,13-14H,3,12H2,1-2H3,(H,23,27). The van der Waals surface area contributed by atoms with Crippen molar-refractivity contribution in [1.29, 1.82) is 0 Å². The van der Waals surface area contributed by atoms with Crippen molar-refractivity contribution in [3.8, 4) is 0 Å². The highest BCUT2D eigenvalue weighted by Gasteiger charge is 2.21. The summed E-state index contributed by atoms with van der Waals surface area (Å²) in [5.41, 5.74) is 2.08. The van der Waals surface area contributed by atoms with E-state index in [1.807, 2.05) is 18.9 Å². The fourth-order valence-corrected chi connectivity index (χ4v) is 5.47. The Morgan fingerprint density at radius 1 is 1.16 bits per heavy atom. The molecule has 0 saturated heterocycles. The first-order valence-corrected chi connectivity index (χ1v) is 11.9. The molecule has 3 aromatic heterocycles. The number of amides is 1. The van der Waals surface area contributed by atoms with E-state index in [2.05, 4.69) is 15.3 Å². The minimum absolute atomic E-state index is 0.197. The van der Waals surface area contributed by atoms with Gasteiger partial charge in [0.15, 0.2) is 5.13 Å². The third-order valence-electron chi connectivity index (χ3n) is 4.88. The van der Waals surface area contributed by atoms with Gasteiger partial charge in [-0.2, -0.15) is 0 Å². The van der Waals surface area contributed by atoms with Crippen LogP contribution in [-0.4, -0.2) is 42.3 Å². The maximum Gasteiger partial charge on any atom is 0.253 e. The van der Waals surface area contributed by atoms with Crippen molar-refractivity contribution in [1.82, 2.24) is 19.7 Å². The second-order valence-corrected chi connectivity index (χ2v) is 10.1. The Kier molecular flexibility index (Phi) is 5.75. The third-order valence-corrected chi connectivity index (χ3v) is 8.22. The molecule has 0 aliphatic rings. The molecule has 4 aromatic rings. The van der Waals surface area contributed by atoms with Crippen molar-refractivity contribution >= 4 is 37.9 Å². The van der Waals surface area contributed by atoms with Gasteiger partial charge in [0.2, 0.25) is 9.84 Å². The maximum absolute atomic E-state index is 12.9. The fraction of sp³-hybridized carbons (Fsp3) is 0.190. The van der Waals surface area contributed by atoms with Gasteiger partial charge >= 0.3 is 0 Å². The molecule has 4 rings (SSSR count). The van der Waals surface area contributed by atoms with Crippen molar-refractivity contribution < 1.29 is 13.2 Å². The summed E-state index contributed by atoms with van der Waals surface area (Å²) in [4.78, 5) is 22.9. The monoisotopic (exact) mass is 455 g/mol. The highest BCUT2D eigenvalue weighted by molar-refractivity contribution is 7.93. The highest BCUT2D eigenvalue weighted by atomic mass is 32.2. The van der Waals surface area contributed by atoms with Crippen LogP contribution in [0.25, 0.3) is 5.65 Å². The molecule has 10 heteroatoms. The number of hydrogen-bond donors (Lipinski definition) is 1. The number of hydrogen-bond acceptors (Lipinski definition) is 7. The van der Waals surface area contributed by atoms with Crippen molar-refractivity contribution in [2.75, 3.05) is 18.5 Å². The van der Waals surface area contributed by atoms with Gasteiger partial charge < -0.3 is 14.6 Å². The van der Waals surface area contributed by atoms with Gasteiger partial charge in [-0.25, -0.2) is 18.4 Å². The number of anilines is 1. The number of carbonyl (C=O) groups excluding carboxylic acids is 1. The zero-order chi connectivity index (χ0) is 22.0. The number of carbonyl (C=O) groups is 1. The van der Waals surface area contributed by atoms with Gasteiger partial charge in [0.25, 0.3) is 5.91 Å². The number of nitrogens with zero attached hydrogens (tertiary/aromatic N) is 4. The van der Waals surface area contributed by atoms with Gasteiger partial charge in [0.1, 0.15) is 9.86 Å². The summed E-state index contributed by atoms with van der Waals surface area (Å²) in [5, 5.41) is 3.51. The van der Waals surface area contributed by atoms with Gasteiger partial charge in [-0.15, -0.1) is 0 Å². The van der Waals surface area contributed by atoms with E-state index in [1.165, 1.54) is 6.20 Å². The molecule has 0 bridgehead atoms. The Morgan fingerprint density at radius 2 is 1.94 bits per heavy atom. The smallest absolute Gasteiger partial charge is 0.253 e. The van der Waals surface area contributed by atoms with Gasteiger partial charge in [-0.3, -0.25) is 4.79 Å². The van der Waals surface area contributed by atoms with Gasteiger partial charge in [-0.1, -0.05) is 23.5 Å². The molecule has 0 aliphatic carbocycles. The van der Waals surface area contributed by atoms with Crippen molar-refractivity contribution in [2.45, 2.75) is 22.6 Å². The normalized spacial score (nSPS) is 11.5. The molecule has 0 radical (unpaired) electrons. The molecule has 1 amide bonds. The van der Waals surface area contributed by atoms with Crippen LogP contribution in [0.4, 0.5) is 5.13 Å². The summed E-state index contributed by atoms with van der Waals surface area (Å²) in [5.74, 6) is -0.218. The Labute approximate surface area is 184 Å². The van der Waals surface area contributed by atoms with Gasteiger partial charge in [0.05, 0.1) is 16.7 Å².